The highest BCUT2D eigenvalue weighted by Crippen LogP contribution is 2.38. The highest BCUT2D eigenvalue weighted by Gasteiger charge is 2.21. The molecule has 0 rings (SSSR count). The van der Waals surface area contributed by atoms with Gasteiger partial charge in [-0.3, -0.25) is 14.2 Å². The average molecular weight is 854 g/mol. The highest BCUT2D eigenvalue weighted by molar-refractivity contribution is 7.45. The number of carbonyl (C=O) groups excluding carboxylic acids is 2. The number of allylic oxidation sites excluding steroid dienone is 6. The molecule has 0 aliphatic carbocycles. The maximum atomic E-state index is 12.6. The quantitative estimate of drug-likeness (QED) is 0.0196. The molecule has 59 heavy (non-hydrogen) atoms. The van der Waals surface area contributed by atoms with Gasteiger partial charge in [-0.1, -0.05) is 179 Å². The van der Waals surface area contributed by atoms with Gasteiger partial charge < -0.3 is 27.9 Å². The first kappa shape index (κ1) is 57.2. The number of esters is 2. The van der Waals surface area contributed by atoms with Crippen molar-refractivity contribution in [2.24, 2.45) is 0 Å². The van der Waals surface area contributed by atoms with E-state index in [1.54, 1.807) is 0 Å². The molecule has 0 saturated heterocycles. The topological polar surface area (TPSA) is 111 Å². The van der Waals surface area contributed by atoms with Gasteiger partial charge >= 0.3 is 11.9 Å². The number of carbonyl (C=O) groups is 2. The molecule has 0 radical (unpaired) electrons. The van der Waals surface area contributed by atoms with Crippen molar-refractivity contribution < 1.29 is 42.1 Å². The molecule has 0 aromatic carbocycles. The van der Waals surface area contributed by atoms with E-state index in [1.165, 1.54) is 135 Å². The molecule has 0 aliphatic rings. The number of likely N-dealkylation sites (N-methyl/N-ethyl adjacent to an activating group) is 1. The first-order valence-corrected chi connectivity index (χ1v) is 25.7. The fraction of sp³-hybridized carbons (Fsp3) is 0.837. The van der Waals surface area contributed by atoms with Crippen molar-refractivity contribution in [2.75, 3.05) is 47.5 Å². The van der Waals surface area contributed by atoms with Gasteiger partial charge in [-0.2, -0.15) is 0 Å². The van der Waals surface area contributed by atoms with Gasteiger partial charge in [-0.15, -0.1) is 0 Å². The molecule has 0 saturated carbocycles. The summed E-state index contributed by atoms with van der Waals surface area (Å²) in [5.74, 6) is -0.914. The third kappa shape index (κ3) is 45.6. The maximum absolute atomic E-state index is 12.6. The summed E-state index contributed by atoms with van der Waals surface area (Å²) in [5.41, 5.74) is 0. The summed E-state index contributed by atoms with van der Waals surface area (Å²) in [6.07, 6.45) is 47.7. The standard InChI is InChI=1S/C49H92NO8P/c1-6-8-10-12-14-16-18-20-21-22-23-24-25-26-27-28-30-31-33-35-37-39-41-48(51)55-45-47(46-57-59(53,54)56-44-43-50(3,4)5)58-49(52)42-40-38-36-34-32-29-19-17-15-13-11-9-7-2/h25-26,29,32,36,38,47H,6-24,27-28,30-31,33-35,37,39-46H2,1-5H3/b26-25+,32-29+,38-36+. The zero-order chi connectivity index (χ0) is 43.6. The van der Waals surface area contributed by atoms with E-state index in [1.807, 2.05) is 33.3 Å². The lowest BCUT2D eigenvalue weighted by molar-refractivity contribution is -0.870. The fourth-order valence-electron chi connectivity index (χ4n) is 6.59. The molecular formula is C49H92NO8P. The number of ether oxygens (including phenoxy) is 2. The van der Waals surface area contributed by atoms with Gasteiger partial charge in [0.15, 0.2) is 6.10 Å². The summed E-state index contributed by atoms with van der Waals surface area (Å²) in [6.45, 7) is 4.16. The smallest absolute Gasteiger partial charge is 0.306 e. The SMILES string of the molecule is CCCCCCCC/C=C/C/C=C/CCC(=O)OC(COC(=O)CCCCCCCCC/C=C/CCCCCCCCCCCCC)COP(=O)([O-])OCC[N+](C)(C)C. The van der Waals surface area contributed by atoms with Crippen LogP contribution in [-0.4, -0.2) is 70.0 Å². The Balaban J connectivity index is 4.28. The molecular weight excluding hydrogens is 762 g/mol. The number of phosphoric ester groups is 1. The Bertz CT molecular complexity index is 1100. The lowest BCUT2D eigenvalue weighted by Crippen LogP contribution is -2.37. The largest absolute Gasteiger partial charge is 0.756 e. The zero-order valence-electron chi connectivity index (χ0n) is 39.0. The van der Waals surface area contributed by atoms with Crippen molar-refractivity contribution in [3.05, 3.63) is 36.5 Å². The van der Waals surface area contributed by atoms with E-state index in [-0.39, 0.29) is 26.1 Å². The summed E-state index contributed by atoms with van der Waals surface area (Å²) < 4.78 is 33.9. The predicted molar refractivity (Wildman–Crippen MR) is 245 cm³/mol. The van der Waals surface area contributed by atoms with Gasteiger partial charge in [-0.05, 0) is 57.8 Å². The van der Waals surface area contributed by atoms with Crippen molar-refractivity contribution >= 4 is 19.8 Å². The molecule has 0 heterocycles. The Morgan fingerprint density at radius 2 is 0.949 bits per heavy atom. The van der Waals surface area contributed by atoms with Crippen LogP contribution in [0.5, 0.6) is 0 Å². The number of quaternary nitrogens is 1. The van der Waals surface area contributed by atoms with Crippen LogP contribution >= 0.6 is 7.82 Å². The summed E-state index contributed by atoms with van der Waals surface area (Å²) in [5, 5.41) is 0. The minimum Gasteiger partial charge on any atom is -0.756 e. The van der Waals surface area contributed by atoms with E-state index < -0.39 is 32.5 Å². The minimum atomic E-state index is -4.64. The maximum Gasteiger partial charge on any atom is 0.306 e. The number of phosphoric acid groups is 1. The Labute approximate surface area is 363 Å². The van der Waals surface area contributed by atoms with Gasteiger partial charge in [0.05, 0.1) is 27.7 Å². The first-order valence-electron chi connectivity index (χ1n) is 24.2. The number of nitrogens with zero attached hydrogens (tertiary/aromatic N) is 1. The second-order valence-electron chi connectivity index (χ2n) is 17.5. The first-order chi connectivity index (χ1) is 28.5. The van der Waals surface area contributed by atoms with E-state index >= 15 is 0 Å². The Kier molecular flexibility index (Phi) is 40.3. The molecule has 2 atom stereocenters. The van der Waals surface area contributed by atoms with Gasteiger partial charge in [0.25, 0.3) is 7.82 Å². The van der Waals surface area contributed by atoms with Crippen LogP contribution < -0.4 is 4.89 Å². The van der Waals surface area contributed by atoms with Crippen LogP contribution in [0.25, 0.3) is 0 Å². The molecule has 0 fully saturated rings. The minimum absolute atomic E-state index is 0.0405. The second kappa shape index (κ2) is 41.6. The number of hydrogen-bond donors (Lipinski definition) is 0. The highest BCUT2D eigenvalue weighted by atomic mass is 31.2. The molecule has 10 heteroatoms. The summed E-state index contributed by atoms with van der Waals surface area (Å²) >= 11 is 0. The van der Waals surface area contributed by atoms with Crippen molar-refractivity contribution in [3.8, 4) is 0 Å². The third-order valence-corrected chi connectivity index (χ3v) is 11.4. The molecule has 0 aliphatic heterocycles. The molecule has 0 amide bonds. The monoisotopic (exact) mass is 854 g/mol. The van der Waals surface area contributed by atoms with E-state index in [0.29, 0.717) is 17.4 Å². The number of unbranched alkanes of at least 4 members (excludes halogenated alkanes) is 24. The molecule has 346 valence electrons. The molecule has 2 unspecified atom stereocenters. The van der Waals surface area contributed by atoms with Gasteiger partial charge in [-0.25, -0.2) is 0 Å². The van der Waals surface area contributed by atoms with Crippen LogP contribution in [0.3, 0.4) is 0 Å². The number of hydrogen-bond acceptors (Lipinski definition) is 8. The Hall–Kier alpha value is -1.77. The van der Waals surface area contributed by atoms with Crippen molar-refractivity contribution in [1.29, 1.82) is 0 Å². The molecule has 0 aromatic heterocycles. The lowest BCUT2D eigenvalue weighted by Gasteiger charge is -2.28. The predicted octanol–water partition coefficient (Wildman–Crippen LogP) is 13.5. The zero-order valence-corrected chi connectivity index (χ0v) is 39.8. The molecule has 0 N–H and O–H groups in total. The van der Waals surface area contributed by atoms with E-state index in [0.717, 1.165) is 44.9 Å². The lowest BCUT2D eigenvalue weighted by atomic mass is 10.0. The van der Waals surface area contributed by atoms with E-state index in [4.69, 9.17) is 18.5 Å². The summed E-state index contributed by atoms with van der Waals surface area (Å²) in [6, 6.07) is 0. The van der Waals surface area contributed by atoms with E-state index in [9.17, 15) is 19.0 Å². The second-order valence-corrected chi connectivity index (χ2v) is 18.9. The van der Waals surface area contributed by atoms with Crippen molar-refractivity contribution in [2.45, 2.75) is 219 Å². The van der Waals surface area contributed by atoms with Gasteiger partial charge in [0.1, 0.15) is 19.8 Å². The Morgan fingerprint density at radius 1 is 0.525 bits per heavy atom. The van der Waals surface area contributed by atoms with E-state index in [2.05, 4.69) is 38.2 Å². The van der Waals surface area contributed by atoms with Crippen LogP contribution in [-0.2, 0) is 32.7 Å². The van der Waals surface area contributed by atoms with Crippen molar-refractivity contribution in [3.63, 3.8) is 0 Å². The van der Waals surface area contributed by atoms with Crippen molar-refractivity contribution in [1.82, 2.24) is 0 Å². The Morgan fingerprint density at radius 3 is 1.42 bits per heavy atom. The van der Waals surface area contributed by atoms with Crippen LogP contribution in [0, 0.1) is 0 Å². The molecule has 0 bridgehead atoms. The van der Waals surface area contributed by atoms with Crippen LogP contribution in [0.1, 0.15) is 213 Å². The number of rotatable bonds is 44. The molecule has 0 spiro atoms. The fourth-order valence-corrected chi connectivity index (χ4v) is 7.31. The van der Waals surface area contributed by atoms with Gasteiger partial charge in [0, 0.05) is 12.8 Å². The van der Waals surface area contributed by atoms with Gasteiger partial charge in [0.2, 0.25) is 0 Å². The summed E-state index contributed by atoms with van der Waals surface area (Å²) in [7, 11) is 1.13. The average Bonchev–Trinajstić information content (AvgIpc) is 3.19. The van der Waals surface area contributed by atoms with Crippen LogP contribution in [0.4, 0.5) is 0 Å². The third-order valence-electron chi connectivity index (χ3n) is 10.4. The normalized spacial score (nSPS) is 13.8. The summed E-state index contributed by atoms with van der Waals surface area (Å²) in [4.78, 5) is 37.5. The molecule has 0 aromatic rings. The van der Waals surface area contributed by atoms with Crippen LogP contribution in [0.15, 0.2) is 36.5 Å². The molecule has 9 nitrogen and oxygen atoms in total. The van der Waals surface area contributed by atoms with Crippen LogP contribution in [0.2, 0.25) is 0 Å².